The summed E-state index contributed by atoms with van der Waals surface area (Å²) in [5.74, 6) is 0. The van der Waals surface area contributed by atoms with E-state index in [2.05, 4.69) is 25.7 Å². The summed E-state index contributed by atoms with van der Waals surface area (Å²) in [6, 6.07) is 0.139. The summed E-state index contributed by atoms with van der Waals surface area (Å²) in [4.78, 5) is 2.16. The second-order valence-electron chi connectivity index (χ2n) is 4.55. The fraction of sp³-hybridized carbons (Fsp3) is 1.00. The summed E-state index contributed by atoms with van der Waals surface area (Å²) in [6.07, 6.45) is 0.440. The van der Waals surface area contributed by atoms with Crippen molar-refractivity contribution in [2.45, 2.75) is 44.9 Å². The van der Waals surface area contributed by atoms with Crippen LogP contribution in [0.15, 0.2) is 0 Å². The van der Waals surface area contributed by atoms with E-state index in [1.54, 1.807) is 0 Å². The van der Waals surface area contributed by atoms with Crippen molar-refractivity contribution < 1.29 is 10.2 Å². The minimum atomic E-state index is -0.263. The van der Waals surface area contributed by atoms with Gasteiger partial charge in [-0.1, -0.05) is 0 Å². The van der Waals surface area contributed by atoms with Gasteiger partial charge in [-0.05, 0) is 27.2 Å². The number of aliphatic hydroxyl groups is 2. The molecule has 2 N–H and O–H groups in total. The summed E-state index contributed by atoms with van der Waals surface area (Å²) in [6.45, 7) is 7.15. The molecular weight excluding hydrogens is 154 g/mol. The van der Waals surface area contributed by atoms with Crippen LogP contribution in [-0.4, -0.2) is 45.9 Å². The quantitative estimate of drug-likeness (QED) is 0.596. The van der Waals surface area contributed by atoms with Gasteiger partial charge in [0.1, 0.15) is 0 Å². The number of hydrogen-bond donors (Lipinski definition) is 2. The number of rotatable bonds is 1. The molecule has 1 saturated heterocycles. The van der Waals surface area contributed by atoms with Gasteiger partial charge in [-0.15, -0.1) is 0 Å². The molecule has 12 heavy (non-hydrogen) atoms. The average molecular weight is 173 g/mol. The Hall–Kier alpha value is -0.120. The molecule has 3 nitrogen and oxygen atoms in total. The first-order valence-electron chi connectivity index (χ1n) is 4.51. The number of β-amino-alcohol motifs (C(OH)–C–C–N with tert-alkyl or cyclic N) is 1. The van der Waals surface area contributed by atoms with Crippen LogP contribution in [-0.2, 0) is 0 Å². The maximum absolute atomic E-state index is 9.41. The van der Waals surface area contributed by atoms with Crippen molar-refractivity contribution in [2.75, 3.05) is 13.2 Å². The van der Waals surface area contributed by atoms with Crippen molar-refractivity contribution in [3.63, 3.8) is 0 Å². The lowest BCUT2D eigenvalue weighted by molar-refractivity contribution is 0.0749. The SMILES string of the molecule is CC(C)(C)N1C[C@H](O)C[C@H]1CO. The molecule has 3 heteroatoms. The van der Waals surface area contributed by atoms with Gasteiger partial charge in [0, 0.05) is 18.1 Å². The molecule has 0 saturated carbocycles. The van der Waals surface area contributed by atoms with Gasteiger partial charge in [0.2, 0.25) is 0 Å². The van der Waals surface area contributed by atoms with E-state index in [1.807, 2.05) is 0 Å². The van der Waals surface area contributed by atoms with Crippen LogP contribution < -0.4 is 0 Å². The molecule has 1 fully saturated rings. The number of hydrogen-bond acceptors (Lipinski definition) is 3. The van der Waals surface area contributed by atoms with Gasteiger partial charge in [-0.2, -0.15) is 0 Å². The smallest absolute Gasteiger partial charge is 0.0683 e. The molecule has 0 aromatic heterocycles. The van der Waals surface area contributed by atoms with E-state index < -0.39 is 0 Å². The van der Waals surface area contributed by atoms with Crippen molar-refractivity contribution in [1.29, 1.82) is 0 Å². The van der Waals surface area contributed by atoms with Crippen LogP contribution in [0, 0.1) is 0 Å². The number of likely N-dealkylation sites (tertiary alicyclic amines) is 1. The predicted octanol–water partition coefficient (Wildman–Crippen LogP) is 0.212. The molecule has 0 unspecified atom stereocenters. The van der Waals surface area contributed by atoms with Crippen molar-refractivity contribution >= 4 is 0 Å². The predicted molar refractivity (Wildman–Crippen MR) is 48.0 cm³/mol. The first-order valence-corrected chi connectivity index (χ1v) is 4.51. The Morgan fingerprint density at radius 2 is 2.00 bits per heavy atom. The summed E-state index contributed by atoms with van der Waals surface area (Å²) < 4.78 is 0. The minimum Gasteiger partial charge on any atom is -0.395 e. The highest BCUT2D eigenvalue weighted by Crippen LogP contribution is 2.25. The van der Waals surface area contributed by atoms with Gasteiger partial charge in [0.15, 0.2) is 0 Å². The average Bonchev–Trinajstić information content (AvgIpc) is 2.29. The largest absolute Gasteiger partial charge is 0.395 e. The highest BCUT2D eigenvalue weighted by Gasteiger charge is 2.36. The van der Waals surface area contributed by atoms with Gasteiger partial charge in [0.05, 0.1) is 12.7 Å². The molecule has 0 bridgehead atoms. The van der Waals surface area contributed by atoms with E-state index in [-0.39, 0.29) is 24.3 Å². The van der Waals surface area contributed by atoms with Gasteiger partial charge in [-0.3, -0.25) is 4.90 Å². The zero-order chi connectivity index (χ0) is 9.35. The van der Waals surface area contributed by atoms with E-state index in [0.717, 1.165) is 0 Å². The monoisotopic (exact) mass is 173 g/mol. The summed E-state index contributed by atoms with van der Waals surface area (Å²) >= 11 is 0. The van der Waals surface area contributed by atoms with Crippen molar-refractivity contribution in [2.24, 2.45) is 0 Å². The van der Waals surface area contributed by atoms with Crippen LogP contribution in [0.5, 0.6) is 0 Å². The Kier molecular flexibility index (Phi) is 2.76. The second-order valence-corrected chi connectivity index (χ2v) is 4.55. The summed E-state index contributed by atoms with van der Waals surface area (Å²) in [5, 5.41) is 18.5. The van der Waals surface area contributed by atoms with E-state index in [9.17, 15) is 5.11 Å². The van der Waals surface area contributed by atoms with E-state index in [4.69, 9.17) is 5.11 Å². The second kappa shape index (κ2) is 3.32. The van der Waals surface area contributed by atoms with Gasteiger partial charge >= 0.3 is 0 Å². The molecule has 0 aromatic rings. The Labute approximate surface area is 74.0 Å². The number of nitrogens with zero attached hydrogens (tertiary/aromatic N) is 1. The highest BCUT2D eigenvalue weighted by molar-refractivity contribution is 4.91. The topological polar surface area (TPSA) is 43.7 Å². The molecule has 1 rings (SSSR count). The molecular formula is C9H19NO2. The van der Waals surface area contributed by atoms with E-state index in [0.29, 0.717) is 13.0 Å². The third-order valence-corrected chi connectivity index (χ3v) is 2.46. The molecule has 0 aromatic carbocycles. The normalized spacial score (nSPS) is 32.8. The lowest BCUT2D eigenvalue weighted by Gasteiger charge is -2.35. The van der Waals surface area contributed by atoms with Crippen molar-refractivity contribution in [1.82, 2.24) is 4.90 Å². The zero-order valence-electron chi connectivity index (χ0n) is 8.12. The molecule has 1 heterocycles. The molecule has 1 aliphatic heterocycles. The fourth-order valence-electron chi connectivity index (χ4n) is 1.89. The Morgan fingerprint density at radius 1 is 1.42 bits per heavy atom. The lowest BCUT2D eigenvalue weighted by Crippen LogP contribution is -2.46. The molecule has 0 amide bonds. The van der Waals surface area contributed by atoms with Crippen LogP contribution in [0.4, 0.5) is 0 Å². The van der Waals surface area contributed by atoms with E-state index >= 15 is 0 Å². The summed E-state index contributed by atoms with van der Waals surface area (Å²) in [5.41, 5.74) is 0.0465. The molecule has 0 radical (unpaired) electrons. The maximum atomic E-state index is 9.41. The molecule has 0 spiro atoms. The minimum absolute atomic E-state index is 0.0465. The lowest BCUT2D eigenvalue weighted by atomic mass is 10.1. The van der Waals surface area contributed by atoms with Gasteiger partial charge in [-0.25, -0.2) is 0 Å². The zero-order valence-corrected chi connectivity index (χ0v) is 8.12. The first kappa shape index (κ1) is 9.96. The fourth-order valence-corrected chi connectivity index (χ4v) is 1.89. The highest BCUT2D eigenvalue weighted by atomic mass is 16.3. The third-order valence-electron chi connectivity index (χ3n) is 2.46. The molecule has 2 atom stereocenters. The van der Waals surface area contributed by atoms with Crippen LogP contribution >= 0.6 is 0 Å². The standard InChI is InChI=1S/C9H19NO2/c1-9(2,3)10-5-8(12)4-7(10)6-11/h7-8,11-12H,4-6H2,1-3H3/t7-,8+/m0/s1. The Balaban J connectivity index is 2.64. The Bertz CT molecular complexity index is 153. The van der Waals surface area contributed by atoms with Crippen LogP contribution in [0.2, 0.25) is 0 Å². The molecule has 72 valence electrons. The van der Waals surface area contributed by atoms with Gasteiger partial charge in [0.25, 0.3) is 0 Å². The Morgan fingerprint density at radius 3 is 2.33 bits per heavy atom. The first-order chi connectivity index (χ1) is 5.45. The van der Waals surface area contributed by atoms with Crippen molar-refractivity contribution in [3.05, 3.63) is 0 Å². The maximum Gasteiger partial charge on any atom is 0.0683 e. The van der Waals surface area contributed by atoms with Crippen LogP contribution in [0.3, 0.4) is 0 Å². The van der Waals surface area contributed by atoms with Crippen LogP contribution in [0.1, 0.15) is 27.2 Å². The van der Waals surface area contributed by atoms with Crippen molar-refractivity contribution in [3.8, 4) is 0 Å². The van der Waals surface area contributed by atoms with Crippen LogP contribution in [0.25, 0.3) is 0 Å². The van der Waals surface area contributed by atoms with Gasteiger partial charge < -0.3 is 10.2 Å². The number of aliphatic hydroxyl groups excluding tert-OH is 2. The molecule has 0 aliphatic carbocycles. The molecule has 1 aliphatic rings. The summed E-state index contributed by atoms with van der Waals surface area (Å²) in [7, 11) is 0. The third kappa shape index (κ3) is 1.97. The van der Waals surface area contributed by atoms with E-state index in [1.165, 1.54) is 0 Å².